The smallest absolute Gasteiger partial charge is 0.264 e. The van der Waals surface area contributed by atoms with Crippen molar-refractivity contribution < 1.29 is 9.59 Å². The van der Waals surface area contributed by atoms with Gasteiger partial charge in [-0.05, 0) is 19.9 Å². The van der Waals surface area contributed by atoms with Crippen LogP contribution in [0.15, 0.2) is 16.3 Å². The van der Waals surface area contributed by atoms with Crippen molar-refractivity contribution in [2.75, 3.05) is 19.6 Å². The highest BCUT2D eigenvalue weighted by molar-refractivity contribution is 7.80. The topological polar surface area (TPSA) is 49.4 Å². The lowest BCUT2D eigenvalue weighted by atomic mass is 10.3. The van der Waals surface area contributed by atoms with E-state index in [4.69, 9.17) is 0 Å². The van der Waals surface area contributed by atoms with Crippen molar-refractivity contribution in [3.8, 4) is 0 Å². The molecule has 1 heterocycles. The molecule has 0 radical (unpaired) electrons. The summed E-state index contributed by atoms with van der Waals surface area (Å²) in [4.78, 5) is 26.4. The number of hydrogen-bond acceptors (Lipinski definition) is 4. The Hall–Kier alpha value is -1.01. The summed E-state index contributed by atoms with van der Waals surface area (Å²) < 4.78 is 0. The highest BCUT2D eigenvalue weighted by Gasteiger charge is 2.18. The largest absolute Gasteiger partial charge is 0.355 e. The Morgan fingerprint density at radius 3 is 2.65 bits per heavy atom. The molecular formula is C11H16N2O2S2. The SMILES string of the molecule is CCNC(=O)CN(CC)C(=O)c1cc(S)cs1. The van der Waals surface area contributed by atoms with Gasteiger partial charge in [0.05, 0.1) is 11.4 Å². The van der Waals surface area contributed by atoms with Crippen LogP contribution in [0.25, 0.3) is 0 Å². The quantitative estimate of drug-likeness (QED) is 0.801. The molecule has 0 spiro atoms. The minimum Gasteiger partial charge on any atom is -0.355 e. The number of nitrogens with one attached hydrogen (secondary N) is 1. The van der Waals surface area contributed by atoms with Gasteiger partial charge in [0.15, 0.2) is 0 Å². The second kappa shape index (κ2) is 6.66. The van der Waals surface area contributed by atoms with E-state index in [1.807, 2.05) is 13.8 Å². The molecule has 1 aromatic rings. The molecule has 0 saturated heterocycles. The summed E-state index contributed by atoms with van der Waals surface area (Å²) in [6.45, 7) is 4.89. The van der Waals surface area contributed by atoms with Gasteiger partial charge in [-0.15, -0.1) is 24.0 Å². The van der Waals surface area contributed by atoms with Crippen LogP contribution in [0.1, 0.15) is 23.5 Å². The van der Waals surface area contributed by atoms with Crippen molar-refractivity contribution in [2.45, 2.75) is 18.7 Å². The third-order valence-corrected chi connectivity index (χ3v) is 3.52. The number of hydrogen-bond donors (Lipinski definition) is 2. The number of rotatable bonds is 5. The highest BCUT2D eigenvalue weighted by Crippen LogP contribution is 2.19. The lowest BCUT2D eigenvalue weighted by Gasteiger charge is -2.19. The molecule has 0 saturated carbocycles. The summed E-state index contributed by atoms with van der Waals surface area (Å²) in [6.07, 6.45) is 0. The van der Waals surface area contributed by atoms with E-state index in [1.54, 1.807) is 11.4 Å². The average molecular weight is 272 g/mol. The molecule has 6 heteroatoms. The average Bonchev–Trinajstić information content (AvgIpc) is 2.72. The van der Waals surface area contributed by atoms with Crippen molar-refractivity contribution in [3.05, 3.63) is 16.3 Å². The Morgan fingerprint density at radius 2 is 2.18 bits per heavy atom. The van der Waals surface area contributed by atoms with Gasteiger partial charge in [0, 0.05) is 23.4 Å². The number of carbonyl (C=O) groups is 2. The maximum absolute atomic E-state index is 12.1. The Bertz CT molecular complexity index is 404. The van der Waals surface area contributed by atoms with Crippen molar-refractivity contribution in [1.82, 2.24) is 10.2 Å². The Balaban J connectivity index is 2.67. The highest BCUT2D eigenvalue weighted by atomic mass is 32.1. The molecule has 0 bridgehead atoms. The standard InChI is InChI=1S/C11H16N2O2S2/c1-3-12-10(14)6-13(4-2)11(15)9-5-8(16)7-17-9/h5,7,16H,3-4,6H2,1-2H3,(H,12,14). The predicted molar refractivity (Wildman–Crippen MR) is 71.8 cm³/mol. The summed E-state index contributed by atoms with van der Waals surface area (Å²) in [6, 6.07) is 1.72. The third kappa shape index (κ3) is 4.05. The van der Waals surface area contributed by atoms with Crippen LogP contribution >= 0.6 is 24.0 Å². The van der Waals surface area contributed by atoms with Crippen LogP contribution in [0.4, 0.5) is 0 Å². The van der Waals surface area contributed by atoms with Gasteiger partial charge in [0.2, 0.25) is 5.91 Å². The van der Waals surface area contributed by atoms with Crippen molar-refractivity contribution >= 4 is 35.8 Å². The normalized spacial score (nSPS) is 10.1. The van der Waals surface area contributed by atoms with E-state index < -0.39 is 0 Å². The van der Waals surface area contributed by atoms with Crippen LogP contribution in [0.2, 0.25) is 0 Å². The second-order valence-electron chi connectivity index (χ2n) is 3.44. The number of thiophene rings is 1. The van der Waals surface area contributed by atoms with Crippen LogP contribution < -0.4 is 5.32 Å². The molecule has 4 nitrogen and oxygen atoms in total. The summed E-state index contributed by atoms with van der Waals surface area (Å²) in [7, 11) is 0. The molecule has 17 heavy (non-hydrogen) atoms. The predicted octanol–water partition coefficient (Wildman–Crippen LogP) is 1.63. The molecule has 1 rings (SSSR count). The summed E-state index contributed by atoms with van der Waals surface area (Å²) >= 11 is 5.50. The zero-order chi connectivity index (χ0) is 12.8. The molecule has 0 aliphatic rings. The third-order valence-electron chi connectivity index (χ3n) is 2.17. The molecule has 94 valence electrons. The zero-order valence-electron chi connectivity index (χ0n) is 9.90. The van der Waals surface area contributed by atoms with Gasteiger partial charge >= 0.3 is 0 Å². The van der Waals surface area contributed by atoms with Crippen LogP contribution in [0.3, 0.4) is 0 Å². The molecule has 0 fully saturated rings. The number of likely N-dealkylation sites (N-methyl/N-ethyl adjacent to an activating group) is 2. The first-order chi connectivity index (χ1) is 8.08. The van der Waals surface area contributed by atoms with Gasteiger partial charge in [-0.2, -0.15) is 0 Å². The van der Waals surface area contributed by atoms with E-state index in [0.29, 0.717) is 18.0 Å². The first kappa shape index (κ1) is 14.1. The molecule has 2 amide bonds. The molecular weight excluding hydrogens is 256 g/mol. The van der Waals surface area contributed by atoms with Crippen molar-refractivity contribution in [1.29, 1.82) is 0 Å². The minimum absolute atomic E-state index is 0.100. The molecule has 1 aromatic heterocycles. The lowest BCUT2D eigenvalue weighted by molar-refractivity contribution is -0.121. The monoisotopic (exact) mass is 272 g/mol. The Morgan fingerprint density at radius 1 is 1.47 bits per heavy atom. The maximum atomic E-state index is 12.1. The van der Waals surface area contributed by atoms with E-state index in [0.717, 1.165) is 4.90 Å². The van der Waals surface area contributed by atoms with Crippen molar-refractivity contribution in [2.24, 2.45) is 0 Å². The van der Waals surface area contributed by atoms with E-state index >= 15 is 0 Å². The van der Waals surface area contributed by atoms with Crippen molar-refractivity contribution in [3.63, 3.8) is 0 Å². The molecule has 0 atom stereocenters. The van der Waals surface area contributed by atoms with E-state index in [-0.39, 0.29) is 18.4 Å². The number of nitrogens with zero attached hydrogens (tertiary/aromatic N) is 1. The second-order valence-corrected chi connectivity index (χ2v) is 4.87. The minimum atomic E-state index is -0.134. The summed E-state index contributed by atoms with van der Waals surface area (Å²) in [5.74, 6) is -0.255. The molecule has 0 unspecified atom stereocenters. The van der Waals surface area contributed by atoms with Gasteiger partial charge in [0.25, 0.3) is 5.91 Å². The van der Waals surface area contributed by atoms with Gasteiger partial charge in [0.1, 0.15) is 0 Å². The van der Waals surface area contributed by atoms with Gasteiger partial charge in [-0.3, -0.25) is 9.59 Å². The molecule has 0 aliphatic heterocycles. The molecule has 0 aromatic carbocycles. The van der Waals surface area contributed by atoms with Crippen LogP contribution in [-0.2, 0) is 4.79 Å². The summed E-state index contributed by atoms with van der Waals surface area (Å²) in [5, 5.41) is 4.48. The Labute approximate surface area is 110 Å². The van der Waals surface area contributed by atoms with Gasteiger partial charge in [-0.1, -0.05) is 0 Å². The fourth-order valence-corrected chi connectivity index (χ4v) is 2.46. The van der Waals surface area contributed by atoms with Crippen LogP contribution in [0, 0.1) is 0 Å². The zero-order valence-corrected chi connectivity index (χ0v) is 11.6. The maximum Gasteiger partial charge on any atom is 0.264 e. The van der Waals surface area contributed by atoms with E-state index in [9.17, 15) is 9.59 Å². The first-order valence-electron chi connectivity index (χ1n) is 5.42. The number of thiol groups is 1. The van der Waals surface area contributed by atoms with Gasteiger partial charge in [-0.25, -0.2) is 0 Å². The van der Waals surface area contributed by atoms with E-state index in [2.05, 4.69) is 17.9 Å². The molecule has 0 aliphatic carbocycles. The first-order valence-corrected chi connectivity index (χ1v) is 6.74. The van der Waals surface area contributed by atoms with Gasteiger partial charge < -0.3 is 10.2 Å². The van der Waals surface area contributed by atoms with Crippen LogP contribution in [-0.4, -0.2) is 36.3 Å². The van der Waals surface area contributed by atoms with Crippen LogP contribution in [0.5, 0.6) is 0 Å². The fourth-order valence-electron chi connectivity index (χ4n) is 1.35. The van der Waals surface area contributed by atoms with E-state index in [1.165, 1.54) is 16.2 Å². The number of amides is 2. The lowest BCUT2D eigenvalue weighted by Crippen LogP contribution is -2.40. The summed E-state index contributed by atoms with van der Waals surface area (Å²) in [5.41, 5.74) is 0. The number of carbonyl (C=O) groups excluding carboxylic acids is 2. The fraction of sp³-hybridized carbons (Fsp3) is 0.455. The molecule has 1 N–H and O–H groups in total. The Kier molecular flexibility index (Phi) is 5.50.